The Labute approximate surface area is 112 Å². The van der Waals surface area contributed by atoms with Crippen LogP contribution in [0.3, 0.4) is 0 Å². The van der Waals surface area contributed by atoms with Crippen LogP contribution in [0.25, 0.3) is 0 Å². The molecule has 0 amide bonds. The molecule has 2 aromatic rings. The third kappa shape index (κ3) is 3.89. The zero-order chi connectivity index (χ0) is 12.6. The molecule has 2 rings (SSSR count). The molecule has 0 aliphatic heterocycles. The summed E-state index contributed by atoms with van der Waals surface area (Å²) in [5.74, 6) is 0. The molecule has 18 heavy (non-hydrogen) atoms. The summed E-state index contributed by atoms with van der Waals surface area (Å²) < 4.78 is 3.96. The van der Waals surface area contributed by atoms with Gasteiger partial charge in [-0.05, 0) is 42.9 Å². The SMILES string of the molecule is CCCNC(CCc1ccccc1)c1csnn1. The monoisotopic (exact) mass is 261 g/mol. The minimum Gasteiger partial charge on any atom is -0.309 e. The summed E-state index contributed by atoms with van der Waals surface area (Å²) in [6, 6.07) is 10.9. The van der Waals surface area contributed by atoms with Crippen LogP contribution in [-0.4, -0.2) is 16.1 Å². The molecule has 0 aliphatic rings. The lowest BCUT2D eigenvalue weighted by molar-refractivity contribution is 0.488. The van der Waals surface area contributed by atoms with Crippen molar-refractivity contribution in [2.75, 3.05) is 6.54 Å². The van der Waals surface area contributed by atoms with Crippen LogP contribution >= 0.6 is 11.5 Å². The van der Waals surface area contributed by atoms with Gasteiger partial charge in [-0.1, -0.05) is 41.7 Å². The van der Waals surface area contributed by atoms with Crippen LogP contribution in [0.1, 0.15) is 37.1 Å². The van der Waals surface area contributed by atoms with Gasteiger partial charge in [0.1, 0.15) is 0 Å². The second kappa shape index (κ2) is 7.24. The van der Waals surface area contributed by atoms with Crippen molar-refractivity contribution < 1.29 is 0 Å². The smallest absolute Gasteiger partial charge is 0.0924 e. The summed E-state index contributed by atoms with van der Waals surface area (Å²) in [5, 5.41) is 9.77. The van der Waals surface area contributed by atoms with E-state index in [0.717, 1.165) is 31.5 Å². The molecule has 0 radical (unpaired) electrons. The summed E-state index contributed by atoms with van der Waals surface area (Å²) in [6.07, 6.45) is 3.27. The van der Waals surface area contributed by atoms with Gasteiger partial charge in [0, 0.05) is 5.38 Å². The summed E-state index contributed by atoms with van der Waals surface area (Å²) in [4.78, 5) is 0. The molecule has 0 bridgehead atoms. The van der Waals surface area contributed by atoms with Crippen molar-refractivity contribution in [3.05, 3.63) is 47.0 Å². The fourth-order valence-electron chi connectivity index (χ4n) is 1.95. The Balaban J connectivity index is 1.93. The van der Waals surface area contributed by atoms with E-state index < -0.39 is 0 Å². The van der Waals surface area contributed by atoms with Gasteiger partial charge in [-0.15, -0.1) is 5.10 Å². The maximum absolute atomic E-state index is 4.19. The predicted molar refractivity (Wildman–Crippen MR) is 75.7 cm³/mol. The maximum Gasteiger partial charge on any atom is 0.0924 e. The van der Waals surface area contributed by atoms with Gasteiger partial charge >= 0.3 is 0 Å². The van der Waals surface area contributed by atoms with Crippen molar-refractivity contribution in [1.82, 2.24) is 14.9 Å². The molecule has 0 saturated carbocycles. The van der Waals surface area contributed by atoms with Crippen LogP contribution in [0.15, 0.2) is 35.7 Å². The number of rotatable bonds is 7. The first-order chi connectivity index (χ1) is 8.90. The molecule has 1 aromatic heterocycles. The third-order valence-corrected chi connectivity index (χ3v) is 3.46. The second-order valence-electron chi connectivity index (χ2n) is 4.36. The van der Waals surface area contributed by atoms with E-state index in [1.54, 1.807) is 0 Å². The molecule has 1 heterocycles. The number of hydrogen-bond acceptors (Lipinski definition) is 4. The molecule has 1 aromatic carbocycles. The van der Waals surface area contributed by atoms with Crippen LogP contribution in [0.4, 0.5) is 0 Å². The van der Waals surface area contributed by atoms with Crippen LogP contribution in [0.2, 0.25) is 0 Å². The lowest BCUT2D eigenvalue weighted by Crippen LogP contribution is -2.23. The number of hydrogen-bond donors (Lipinski definition) is 1. The highest BCUT2D eigenvalue weighted by atomic mass is 32.1. The highest BCUT2D eigenvalue weighted by molar-refractivity contribution is 7.03. The molecule has 3 nitrogen and oxygen atoms in total. The minimum absolute atomic E-state index is 0.323. The van der Waals surface area contributed by atoms with E-state index >= 15 is 0 Å². The van der Waals surface area contributed by atoms with Crippen molar-refractivity contribution in [3.63, 3.8) is 0 Å². The van der Waals surface area contributed by atoms with Crippen LogP contribution in [0, 0.1) is 0 Å². The molecule has 0 fully saturated rings. The van der Waals surface area contributed by atoms with Crippen LogP contribution in [0.5, 0.6) is 0 Å². The highest BCUT2D eigenvalue weighted by Crippen LogP contribution is 2.18. The molecule has 1 N–H and O–H groups in total. The zero-order valence-corrected chi connectivity index (χ0v) is 11.5. The molecule has 0 saturated heterocycles. The van der Waals surface area contributed by atoms with Crippen molar-refractivity contribution >= 4 is 11.5 Å². The van der Waals surface area contributed by atoms with Gasteiger partial charge in [0.05, 0.1) is 11.7 Å². The Hall–Kier alpha value is -1.26. The van der Waals surface area contributed by atoms with Crippen LogP contribution in [-0.2, 0) is 6.42 Å². The molecule has 1 atom stereocenters. The summed E-state index contributed by atoms with van der Waals surface area (Å²) >= 11 is 1.42. The van der Waals surface area contributed by atoms with E-state index in [2.05, 4.69) is 52.2 Å². The quantitative estimate of drug-likeness (QED) is 0.831. The number of aromatic nitrogens is 2. The Morgan fingerprint density at radius 3 is 2.78 bits per heavy atom. The first-order valence-electron chi connectivity index (χ1n) is 6.44. The number of nitrogens with one attached hydrogen (secondary N) is 1. The van der Waals surface area contributed by atoms with Gasteiger partial charge in [-0.2, -0.15) is 0 Å². The van der Waals surface area contributed by atoms with Gasteiger partial charge in [0.15, 0.2) is 0 Å². The standard InChI is InChI=1S/C14H19N3S/c1-2-10-15-13(14-11-18-17-16-14)9-8-12-6-4-3-5-7-12/h3-7,11,13,15H,2,8-10H2,1H3. The van der Waals surface area contributed by atoms with Gasteiger partial charge in [0.25, 0.3) is 0 Å². The Bertz CT molecular complexity index is 428. The second-order valence-corrected chi connectivity index (χ2v) is 4.97. The maximum atomic E-state index is 4.19. The summed E-state index contributed by atoms with van der Waals surface area (Å²) in [6.45, 7) is 3.21. The molecular weight excluding hydrogens is 242 g/mol. The minimum atomic E-state index is 0.323. The average molecular weight is 261 g/mol. The summed E-state index contributed by atoms with van der Waals surface area (Å²) in [7, 11) is 0. The van der Waals surface area contributed by atoms with Crippen molar-refractivity contribution in [1.29, 1.82) is 0 Å². The lowest BCUT2D eigenvalue weighted by Gasteiger charge is -2.15. The average Bonchev–Trinajstić information content (AvgIpc) is 2.94. The van der Waals surface area contributed by atoms with E-state index in [9.17, 15) is 0 Å². The molecule has 0 spiro atoms. The van der Waals surface area contributed by atoms with Crippen molar-refractivity contribution in [3.8, 4) is 0 Å². The Kier molecular flexibility index (Phi) is 5.30. The van der Waals surface area contributed by atoms with Gasteiger partial charge in [-0.3, -0.25) is 0 Å². The molecular formula is C14H19N3S. The molecule has 96 valence electrons. The van der Waals surface area contributed by atoms with Gasteiger partial charge in [-0.25, -0.2) is 0 Å². The van der Waals surface area contributed by atoms with E-state index in [0.29, 0.717) is 6.04 Å². The molecule has 4 heteroatoms. The molecule has 1 unspecified atom stereocenters. The van der Waals surface area contributed by atoms with Crippen LogP contribution < -0.4 is 5.32 Å². The number of nitrogens with zero attached hydrogens (tertiary/aromatic N) is 2. The topological polar surface area (TPSA) is 37.8 Å². The first-order valence-corrected chi connectivity index (χ1v) is 7.28. The lowest BCUT2D eigenvalue weighted by atomic mass is 10.0. The van der Waals surface area contributed by atoms with Crippen molar-refractivity contribution in [2.45, 2.75) is 32.2 Å². The van der Waals surface area contributed by atoms with E-state index in [-0.39, 0.29) is 0 Å². The fraction of sp³-hybridized carbons (Fsp3) is 0.429. The number of benzene rings is 1. The Morgan fingerprint density at radius 1 is 1.28 bits per heavy atom. The normalized spacial score (nSPS) is 12.5. The Morgan fingerprint density at radius 2 is 2.11 bits per heavy atom. The largest absolute Gasteiger partial charge is 0.309 e. The predicted octanol–water partition coefficient (Wildman–Crippen LogP) is 3.21. The highest BCUT2D eigenvalue weighted by Gasteiger charge is 2.13. The van der Waals surface area contributed by atoms with E-state index in [4.69, 9.17) is 0 Å². The first kappa shape index (κ1) is 13.2. The van der Waals surface area contributed by atoms with E-state index in [1.807, 2.05) is 5.38 Å². The van der Waals surface area contributed by atoms with E-state index in [1.165, 1.54) is 17.1 Å². The fourth-order valence-corrected chi connectivity index (χ4v) is 2.46. The summed E-state index contributed by atoms with van der Waals surface area (Å²) in [5.41, 5.74) is 2.45. The van der Waals surface area contributed by atoms with Crippen molar-refractivity contribution in [2.24, 2.45) is 0 Å². The zero-order valence-electron chi connectivity index (χ0n) is 10.7. The van der Waals surface area contributed by atoms with Gasteiger partial charge < -0.3 is 5.32 Å². The number of aryl methyl sites for hydroxylation is 1. The van der Waals surface area contributed by atoms with Gasteiger partial charge in [0.2, 0.25) is 0 Å². The third-order valence-electron chi connectivity index (χ3n) is 2.94. The molecule has 0 aliphatic carbocycles.